The van der Waals surface area contributed by atoms with Gasteiger partial charge in [-0.25, -0.2) is 15.3 Å². The summed E-state index contributed by atoms with van der Waals surface area (Å²) in [6.07, 6.45) is 4.26. The number of rotatable bonds is 1. The van der Waals surface area contributed by atoms with Crippen LogP contribution in [0.2, 0.25) is 0 Å². The highest BCUT2D eigenvalue weighted by atomic mass is 16.5. The standard InChI is InChI=1S/C6H5N3O3/c10-6(11)5-4-3-12-2-1-9(4)8-7-5/h1-3,8H,(H,10,11). The van der Waals surface area contributed by atoms with Crippen LogP contribution in [0.4, 0.5) is 0 Å². The zero-order chi connectivity index (χ0) is 8.55. The van der Waals surface area contributed by atoms with Crippen molar-refractivity contribution in [2.24, 2.45) is 5.10 Å². The van der Waals surface area contributed by atoms with E-state index in [1.54, 1.807) is 0 Å². The van der Waals surface area contributed by atoms with Crippen LogP contribution >= 0.6 is 0 Å². The molecule has 0 amide bonds. The zero-order valence-electron chi connectivity index (χ0n) is 5.89. The van der Waals surface area contributed by atoms with E-state index >= 15 is 0 Å². The van der Waals surface area contributed by atoms with Crippen LogP contribution in [0.3, 0.4) is 0 Å². The van der Waals surface area contributed by atoms with Crippen LogP contribution in [0.15, 0.2) is 29.5 Å². The van der Waals surface area contributed by atoms with Gasteiger partial charge in [-0.2, -0.15) is 0 Å². The number of aliphatic carboxylic acids is 1. The van der Waals surface area contributed by atoms with E-state index in [-0.39, 0.29) is 5.71 Å². The van der Waals surface area contributed by atoms with E-state index in [0.717, 1.165) is 0 Å². The van der Waals surface area contributed by atoms with Crippen molar-refractivity contribution in [3.63, 3.8) is 0 Å². The molecule has 0 aromatic heterocycles. The van der Waals surface area contributed by atoms with Crippen molar-refractivity contribution in [2.45, 2.75) is 0 Å². The van der Waals surface area contributed by atoms with Gasteiger partial charge in [0.25, 0.3) is 0 Å². The summed E-state index contributed by atoms with van der Waals surface area (Å²) in [6.45, 7) is 0. The Hall–Kier alpha value is -1.98. The third-order valence-corrected chi connectivity index (χ3v) is 1.44. The molecular formula is C6H5N3O3. The summed E-state index contributed by atoms with van der Waals surface area (Å²) in [7, 11) is 0. The van der Waals surface area contributed by atoms with E-state index in [2.05, 4.69) is 10.6 Å². The fraction of sp³-hybridized carbons (Fsp3) is 0. The van der Waals surface area contributed by atoms with Crippen molar-refractivity contribution >= 4 is 11.7 Å². The van der Waals surface area contributed by atoms with Gasteiger partial charge in [-0.05, 0) is 0 Å². The molecule has 0 aromatic carbocycles. The van der Waals surface area contributed by atoms with Gasteiger partial charge >= 0.3 is 5.97 Å². The lowest BCUT2D eigenvalue weighted by Gasteiger charge is -2.15. The molecule has 0 radical (unpaired) electrons. The number of carbonyl (C=O) groups is 1. The lowest BCUT2D eigenvalue weighted by molar-refractivity contribution is -0.129. The van der Waals surface area contributed by atoms with E-state index in [1.165, 1.54) is 23.7 Å². The fourth-order valence-electron chi connectivity index (χ4n) is 0.912. The highest BCUT2D eigenvalue weighted by Gasteiger charge is 2.27. The molecule has 6 heteroatoms. The molecule has 2 rings (SSSR count). The second-order valence-corrected chi connectivity index (χ2v) is 2.16. The Bertz CT molecular complexity index is 318. The van der Waals surface area contributed by atoms with Crippen LogP contribution in [0.1, 0.15) is 0 Å². The average molecular weight is 167 g/mol. The van der Waals surface area contributed by atoms with Gasteiger partial charge in [0, 0.05) is 0 Å². The fourth-order valence-corrected chi connectivity index (χ4v) is 0.912. The molecule has 12 heavy (non-hydrogen) atoms. The van der Waals surface area contributed by atoms with Crippen LogP contribution in [0.25, 0.3) is 0 Å². The Labute approximate surface area is 67.4 Å². The SMILES string of the molecule is O=C(O)C1=NNN2C=COC=C12. The van der Waals surface area contributed by atoms with E-state index in [0.29, 0.717) is 5.70 Å². The van der Waals surface area contributed by atoms with Crippen molar-refractivity contribution < 1.29 is 14.6 Å². The first kappa shape index (κ1) is 6.71. The third kappa shape index (κ3) is 0.815. The number of carboxylic acid groups (broad SMARTS) is 1. The Morgan fingerprint density at radius 3 is 3.33 bits per heavy atom. The van der Waals surface area contributed by atoms with Crippen molar-refractivity contribution in [1.82, 2.24) is 10.5 Å². The molecule has 0 bridgehead atoms. The molecule has 0 saturated heterocycles. The van der Waals surface area contributed by atoms with Crippen LogP contribution in [0, 0.1) is 0 Å². The van der Waals surface area contributed by atoms with Gasteiger partial charge in [0.15, 0.2) is 5.71 Å². The first-order valence-corrected chi connectivity index (χ1v) is 3.17. The monoisotopic (exact) mass is 167 g/mol. The van der Waals surface area contributed by atoms with Crippen LogP contribution < -0.4 is 5.53 Å². The average Bonchev–Trinajstić information content (AvgIpc) is 2.47. The molecule has 0 aromatic rings. The maximum atomic E-state index is 10.5. The van der Waals surface area contributed by atoms with Gasteiger partial charge < -0.3 is 9.84 Å². The lowest BCUT2D eigenvalue weighted by Crippen LogP contribution is -2.26. The minimum atomic E-state index is -1.09. The van der Waals surface area contributed by atoms with E-state index in [1.807, 2.05) is 0 Å². The number of carboxylic acids is 1. The van der Waals surface area contributed by atoms with Gasteiger partial charge in [0.05, 0.1) is 6.20 Å². The summed E-state index contributed by atoms with van der Waals surface area (Å²) in [5, 5.41) is 13.7. The largest absolute Gasteiger partial charge is 0.476 e. The van der Waals surface area contributed by atoms with Crippen LogP contribution in [-0.2, 0) is 9.53 Å². The highest BCUT2D eigenvalue weighted by molar-refractivity contribution is 6.42. The molecule has 0 atom stereocenters. The molecule has 0 fully saturated rings. The molecule has 62 valence electrons. The van der Waals surface area contributed by atoms with Crippen molar-refractivity contribution in [3.05, 3.63) is 24.4 Å². The van der Waals surface area contributed by atoms with Crippen LogP contribution in [-0.4, -0.2) is 21.8 Å². The van der Waals surface area contributed by atoms with Gasteiger partial charge in [-0.15, -0.1) is 5.10 Å². The van der Waals surface area contributed by atoms with Crippen molar-refractivity contribution in [1.29, 1.82) is 0 Å². The predicted octanol–water partition coefficient (Wildman–Crippen LogP) is -0.410. The summed E-state index contributed by atoms with van der Waals surface area (Å²) in [5.41, 5.74) is 2.83. The van der Waals surface area contributed by atoms with Crippen LogP contribution in [0.5, 0.6) is 0 Å². The second kappa shape index (κ2) is 2.26. The Morgan fingerprint density at radius 1 is 1.75 bits per heavy atom. The molecule has 2 aliphatic heterocycles. The summed E-state index contributed by atoms with van der Waals surface area (Å²) in [5.74, 6) is -1.09. The number of hydrazone groups is 1. The van der Waals surface area contributed by atoms with E-state index in [4.69, 9.17) is 9.84 Å². The second-order valence-electron chi connectivity index (χ2n) is 2.16. The minimum Gasteiger partial charge on any atom is -0.476 e. The molecule has 2 aliphatic rings. The zero-order valence-corrected chi connectivity index (χ0v) is 5.89. The van der Waals surface area contributed by atoms with E-state index < -0.39 is 5.97 Å². The van der Waals surface area contributed by atoms with Gasteiger partial charge in [0.2, 0.25) is 0 Å². The molecule has 0 aliphatic carbocycles. The summed E-state index contributed by atoms with van der Waals surface area (Å²) < 4.78 is 4.80. The number of ether oxygens (including phenoxy) is 1. The van der Waals surface area contributed by atoms with Crippen molar-refractivity contribution in [3.8, 4) is 0 Å². The molecule has 0 unspecified atom stereocenters. The summed E-state index contributed by atoms with van der Waals surface area (Å²) in [4.78, 5) is 10.5. The lowest BCUT2D eigenvalue weighted by atomic mass is 10.3. The van der Waals surface area contributed by atoms with E-state index in [9.17, 15) is 4.79 Å². The number of hydrogen-bond donors (Lipinski definition) is 2. The number of fused-ring (bicyclic) bond motifs is 1. The van der Waals surface area contributed by atoms with Gasteiger partial charge in [0.1, 0.15) is 18.2 Å². The molecule has 0 spiro atoms. The number of nitrogens with one attached hydrogen (secondary N) is 1. The number of hydrogen-bond acceptors (Lipinski definition) is 5. The normalized spacial score (nSPS) is 18.8. The molecular weight excluding hydrogens is 162 g/mol. The third-order valence-electron chi connectivity index (χ3n) is 1.44. The Balaban J connectivity index is 2.31. The molecule has 2 heterocycles. The number of hydrazine groups is 1. The highest BCUT2D eigenvalue weighted by Crippen LogP contribution is 2.15. The van der Waals surface area contributed by atoms with Gasteiger partial charge in [-0.3, -0.25) is 0 Å². The minimum absolute atomic E-state index is 0.0562. The Kier molecular flexibility index (Phi) is 1.26. The quantitative estimate of drug-likeness (QED) is 0.555. The molecule has 2 N–H and O–H groups in total. The van der Waals surface area contributed by atoms with Gasteiger partial charge in [-0.1, -0.05) is 0 Å². The molecule has 0 saturated carbocycles. The maximum Gasteiger partial charge on any atom is 0.358 e. The Morgan fingerprint density at radius 2 is 2.58 bits per heavy atom. The topological polar surface area (TPSA) is 74.2 Å². The van der Waals surface area contributed by atoms with Crippen molar-refractivity contribution in [2.75, 3.05) is 0 Å². The summed E-state index contributed by atoms with van der Waals surface area (Å²) >= 11 is 0. The summed E-state index contributed by atoms with van der Waals surface area (Å²) in [6, 6.07) is 0. The number of nitrogens with zero attached hydrogens (tertiary/aromatic N) is 2. The smallest absolute Gasteiger partial charge is 0.358 e. The first-order valence-electron chi connectivity index (χ1n) is 3.17. The maximum absolute atomic E-state index is 10.5. The first-order chi connectivity index (χ1) is 5.79. The molecule has 6 nitrogen and oxygen atoms in total. The predicted molar refractivity (Wildman–Crippen MR) is 38.4 cm³/mol.